The van der Waals surface area contributed by atoms with Crippen molar-refractivity contribution in [3.05, 3.63) is 29.8 Å². The summed E-state index contributed by atoms with van der Waals surface area (Å²) in [7, 11) is 0. The summed E-state index contributed by atoms with van der Waals surface area (Å²) in [6.07, 6.45) is 0. The Bertz CT molecular complexity index is 624. The quantitative estimate of drug-likeness (QED) is 0.833. The summed E-state index contributed by atoms with van der Waals surface area (Å²) in [6, 6.07) is 8.12. The molecule has 1 N–H and O–H groups in total. The molecule has 0 spiro atoms. The average Bonchev–Trinajstić information content (AvgIpc) is 2.88. The summed E-state index contributed by atoms with van der Waals surface area (Å²) < 4.78 is 2.05. The molecule has 6 heteroatoms. The summed E-state index contributed by atoms with van der Waals surface area (Å²) in [4.78, 5) is 11.6. The fraction of sp³-hybridized carbons (Fsp3) is 0.400. The van der Waals surface area contributed by atoms with E-state index in [0.29, 0.717) is 12.3 Å². The molecule has 21 heavy (non-hydrogen) atoms. The van der Waals surface area contributed by atoms with Gasteiger partial charge in [0.1, 0.15) is 0 Å². The second-order valence-corrected chi connectivity index (χ2v) is 5.55. The molecule has 0 atom stereocenters. The van der Waals surface area contributed by atoms with Gasteiger partial charge in [0.15, 0.2) is 11.0 Å². The third kappa shape index (κ3) is 3.64. The van der Waals surface area contributed by atoms with Gasteiger partial charge >= 0.3 is 0 Å². The number of nitrogens with one attached hydrogen (secondary N) is 1. The number of carbonyl (C=O) groups excluding carboxylic acids is 1. The normalized spacial score (nSPS) is 10.6. The van der Waals surface area contributed by atoms with E-state index in [1.165, 1.54) is 17.3 Å². The molecule has 0 aliphatic rings. The van der Waals surface area contributed by atoms with E-state index in [1.807, 2.05) is 29.7 Å². The van der Waals surface area contributed by atoms with Crippen LogP contribution in [0.1, 0.15) is 19.4 Å². The van der Waals surface area contributed by atoms with Crippen molar-refractivity contribution in [3.63, 3.8) is 0 Å². The molecule has 1 heterocycles. The second kappa shape index (κ2) is 7.26. The Balaban J connectivity index is 2.22. The van der Waals surface area contributed by atoms with Gasteiger partial charge in [-0.2, -0.15) is 0 Å². The molecule has 1 aromatic carbocycles. The molecular weight excluding hydrogens is 284 g/mol. The van der Waals surface area contributed by atoms with Crippen LogP contribution in [0.25, 0.3) is 11.4 Å². The molecule has 2 rings (SSSR count). The van der Waals surface area contributed by atoms with Crippen LogP contribution in [-0.4, -0.2) is 33.0 Å². The molecule has 0 aliphatic heterocycles. The Morgan fingerprint density at radius 1 is 1.29 bits per heavy atom. The molecule has 1 aromatic heterocycles. The maximum Gasteiger partial charge on any atom is 0.230 e. The molecule has 112 valence electrons. The minimum absolute atomic E-state index is 0.0191. The van der Waals surface area contributed by atoms with Crippen molar-refractivity contribution in [1.29, 1.82) is 0 Å². The van der Waals surface area contributed by atoms with E-state index in [2.05, 4.69) is 35.4 Å². The molecule has 0 fully saturated rings. The SMILES string of the molecule is CCNC(=O)CSc1nnc(-c2ccccc2C)n1CC. The largest absolute Gasteiger partial charge is 0.356 e. The Morgan fingerprint density at radius 3 is 2.71 bits per heavy atom. The first-order valence-corrected chi connectivity index (χ1v) is 8.04. The van der Waals surface area contributed by atoms with Crippen molar-refractivity contribution < 1.29 is 4.79 Å². The van der Waals surface area contributed by atoms with Crippen LogP contribution in [0, 0.1) is 6.92 Å². The third-order valence-electron chi connectivity index (χ3n) is 3.13. The van der Waals surface area contributed by atoms with Crippen LogP contribution < -0.4 is 5.32 Å². The molecule has 0 saturated heterocycles. The van der Waals surface area contributed by atoms with Gasteiger partial charge < -0.3 is 9.88 Å². The predicted octanol–water partition coefficient (Wildman–Crippen LogP) is 2.50. The highest BCUT2D eigenvalue weighted by Gasteiger charge is 2.15. The second-order valence-electron chi connectivity index (χ2n) is 4.61. The summed E-state index contributed by atoms with van der Waals surface area (Å²) in [6.45, 7) is 7.45. The summed E-state index contributed by atoms with van der Waals surface area (Å²) in [5.41, 5.74) is 2.25. The monoisotopic (exact) mass is 304 g/mol. The number of rotatable bonds is 6. The van der Waals surface area contributed by atoms with Crippen LogP contribution in [-0.2, 0) is 11.3 Å². The Hall–Kier alpha value is -1.82. The van der Waals surface area contributed by atoms with Crippen molar-refractivity contribution in [1.82, 2.24) is 20.1 Å². The molecule has 2 aromatic rings. The molecule has 0 bridgehead atoms. The topological polar surface area (TPSA) is 59.8 Å². The first-order chi connectivity index (χ1) is 10.2. The number of carbonyl (C=O) groups is 1. The molecule has 1 amide bonds. The molecule has 0 radical (unpaired) electrons. The van der Waals surface area contributed by atoms with Crippen LogP contribution in [0.4, 0.5) is 0 Å². The van der Waals surface area contributed by atoms with Gasteiger partial charge in [0.25, 0.3) is 0 Å². The fourth-order valence-corrected chi connectivity index (χ4v) is 2.91. The number of aromatic nitrogens is 3. The first kappa shape index (κ1) is 15.6. The Kier molecular flexibility index (Phi) is 5.38. The number of benzene rings is 1. The third-order valence-corrected chi connectivity index (χ3v) is 4.09. The summed E-state index contributed by atoms with van der Waals surface area (Å²) >= 11 is 1.42. The van der Waals surface area contributed by atoms with Gasteiger partial charge in [0.05, 0.1) is 5.75 Å². The van der Waals surface area contributed by atoms with E-state index in [9.17, 15) is 4.79 Å². The number of hydrogen-bond acceptors (Lipinski definition) is 4. The molecule has 0 unspecified atom stereocenters. The van der Waals surface area contributed by atoms with E-state index in [0.717, 1.165) is 23.1 Å². The molecule has 5 nitrogen and oxygen atoms in total. The van der Waals surface area contributed by atoms with E-state index in [1.54, 1.807) is 0 Å². The van der Waals surface area contributed by atoms with Crippen LogP contribution in [0.5, 0.6) is 0 Å². The van der Waals surface area contributed by atoms with Gasteiger partial charge in [0, 0.05) is 18.7 Å². The van der Waals surface area contributed by atoms with Crippen molar-refractivity contribution in [2.75, 3.05) is 12.3 Å². The lowest BCUT2D eigenvalue weighted by Crippen LogP contribution is -2.24. The maximum absolute atomic E-state index is 11.6. The summed E-state index contributed by atoms with van der Waals surface area (Å²) in [5.74, 6) is 1.24. The first-order valence-electron chi connectivity index (χ1n) is 7.06. The number of hydrogen-bond donors (Lipinski definition) is 1. The van der Waals surface area contributed by atoms with Gasteiger partial charge in [-0.05, 0) is 26.3 Å². The van der Waals surface area contributed by atoms with Crippen molar-refractivity contribution in [3.8, 4) is 11.4 Å². The van der Waals surface area contributed by atoms with Gasteiger partial charge in [-0.3, -0.25) is 4.79 Å². The fourth-order valence-electron chi connectivity index (χ4n) is 2.08. The minimum atomic E-state index is 0.0191. The van der Waals surface area contributed by atoms with E-state index < -0.39 is 0 Å². The van der Waals surface area contributed by atoms with Crippen LogP contribution >= 0.6 is 11.8 Å². The number of thioether (sulfide) groups is 1. The predicted molar refractivity (Wildman–Crippen MR) is 85.3 cm³/mol. The lowest BCUT2D eigenvalue weighted by molar-refractivity contribution is -0.118. The van der Waals surface area contributed by atoms with Crippen molar-refractivity contribution in [2.45, 2.75) is 32.5 Å². The van der Waals surface area contributed by atoms with Gasteiger partial charge in [-0.1, -0.05) is 36.0 Å². The van der Waals surface area contributed by atoms with E-state index >= 15 is 0 Å². The van der Waals surface area contributed by atoms with Crippen LogP contribution in [0.2, 0.25) is 0 Å². The Morgan fingerprint density at radius 2 is 2.05 bits per heavy atom. The number of aryl methyl sites for hydroxylation is 1. The highest BCUT2D eigenvalue weighted by atomic mass is 32.2. The standard InChI is InChI=1S/C15H20N4OS/c1-4-16-13(20)10-21-15-18-17-14(19(15)5-2)12-9-7-6-8-11(12)3/h6-9H,4-5,10H2,1-3H3,(H,16,20). The maximum atomic E-state index is 11.6. The zero-order valence-electron chi connectivity index (χ0n) is 12.6. The molecule has 0 aliphatic carbocycles. The van der Waals surface area contributed by atoms with Crippen molar-refractivity contribution in [2.24, 2.45) is 0 Å². The van der Waals surface area contributed by atoms with Crippen LogP contribution in [0.3, 0.4) is 0 Å². The van der Waals surface area contributed by atoms with E-state index in [4.69, 9.17) is 0 Å². The highest BCUT2D eigenvalue weighted by molar-refractivity contribution is 7.99. The number of amides is 1. The van der Waals surface area contributed by atoms with Crippen molar-refractivity contribution >= 4 is 17.7 Å². The van der Waals surface area contributed by atoms with Gasteiger partial charge in [-0.25, -0.2) is 0 Å². The highest BCUT2D eigenvalue weighted by Crippen LogP contribution is 2.25. The van der Waals surface area contributed by atoms with Gasteiger partial charge in [-0.15, -0.1) is 10.2 Å². The minimum Gasteiger partial charge on any atom is -0.356 e. The average molecular weight is 304 g/mol. The zero-order valence-corrected chi connectivity index (χ0v) is 13.4. The molecular formula is C15H20N4OS. The molecule has 0 saturated carbocycles. The lowest BCUT2D eigenvalue weighted by atomic mass is 10.1. The van der Waals surface area contributed by atoms with Crippen LogP contribution in [0.15, 0.2) is 29.4 Å². The lowest BCUT2D eigenvalue weighted by Gasteiger charge is -2.09. The van der Waals surface area contributed by atoms with E-state index in [-0.39, 0.29) is 5.91 Å². The Labute approximate surface area is 129 Å². The number of nitrogens with zero attached hydrogens (tertiary/aromatic N) is 3. The summed E-state index contributed by atoms with van der Waals surface area (Å²) in [5, 5.41) is 12.1. The zero-order chi connectivity index (χ0) is 15.2. The smallest absolute Gasteiger partial charge is 0.230 e. The van der Waals surface area contributed by atoms with Gasteiger partial charge in [0.2, 0.25) is 5.91 Å².